The van der Waals surface area contributed by atoms with E-state index in [9.17, 15) is 4.79 Å². The van der Waals surface area contributed by atoms with Gasteiger partial charge in [0.05, 0.1) is 7.11 Å². The number of ether oxygens (including phenoxy) is 2. The summed E-state index contributed by atoms with van der Waals surface area (Å²) in [5.74, 6) is 6.09. The maximum absolute atomic E-state index is 12.0. The maximum atomic E-state index is 12.0. The van der Waals surface area contributed by atoms with Crippen molar-refractivity contribution in [3.63, 3.8) is 0 Å². The minimum absolute atomic E-state index is 0.0776. The average Bonchev–Trinajstić information content (AvgIpc) is 2.20. The number of carbonyl (C=O) groups excluding carboxylic acids is 1. The van der Waals surface area contributed by atoms with Crippen LogP contribution in [0.2, 0.25) is 0 Å². The topological polar surface area (TPSA) is 35.5 Å². The van der Waals surface area contributed by atoms with Crippen molar-refractivity contribution in [2.75, 3.05) is 14.2 Å². The van der Waals surface area contributed by atoms with Gasteiger partial charge >= 0.3 is 0 Å². The molecule has 0 amide bonds. The average molecular weight is 208 g/mol. The highest BCUT2D eigenvalue weighted by atomic mass is 16.5. The minimum Gasteiger partial charge on any atom is -0.496 e. The first-order valence-corrected chi connectivity index (χ1v) is 4.87. The van der Waals surface area contributed by atoms with E-state index in [-0.39, 0.29) is 11.7 Å². The first-order valence-electron chi connectivity index (χ1n) is 4.87. The van der Waals surface area contributed by atoms with E-state index >= 15 is 0 Å². The van der Waals surface area contributed by atoms with Gasteiger partial charge in [0.15, 0.2) is 5.76 Å². The summed E-state index contributed by atoms with van der Waals surface area (Å²) >= 11 is 0. The van der Waals surface area contributed by atoms with Crippen molar-refractivity contribution in [1.82, 2.24) is 0 Å². The number of Topliss-reactive ketones (excluding diaryl/α,β-unsaturated/α-hetero) is 1. The molecule has 82 valence electrons. The summed E-state index contributed by atoms with van der Waals surface area (Å²) in [6.07, 6.45) is 0. The summed E-state index contributed by atoms with van der Waals surface area (Å²) < 4.78 is 10.4. The molecule has 1 aliphatic rings. The van der Waals surface area contributed by atoms with Crippen LogP contribution in [-0.2, 0) is 14.3 Å². The normalized spacial score (nSPS) is 24.8. The van der Waals surface area contributed by atoms with Gasteiger partial charge < -0.3 is 9.47 Å². The molecule has 0 radical (unpaired) electrons. The third kappa shape index (κ3) is 1.46. The van der Waals surface area contributed by atoms with Crippen molar-refractivity contribution in [2.24, 2.45) is 5.92 Å². The molecular weight excluding hydrogens is 192 g/mol. The first-order chi connectivity index (χ1) is 7.05. The Kier molecular flexibility index (Phi) is 3.21. The van der Waals surface area contributed by atoms with E-state index in [1.165, 1.54) is 14.2 Å². The lowest BCUT2D eigenvalue weighted by Gasteiger charge is -2.38. The van der Waals surface area contributed by atoms with Crippen LogP contribution < -0.4 is 0 Å². The van der Waals surface area contributed by atoms with Crippen molar-refractivity contribution < 1.29 is 14.3 Å². The Bertz CT molecular complexity index is 368. The number of hydrogen-bond acceptors (Lipinski definition) is 3. The van der Waals surface area contributed by atoms with Crippen LogP contribution >= 0.6 is 0 Å². The lowest BCUT2D eigenvalue weighted by Crippen LogP contribution is -2.53. The fourth-order valence-corrected chi connectivity index (χ4v) is 1.83. The summed E-state index contributed by atoms with van der Waals surface area (Å²) in [6, 6.07) is 0. The monoisotopic (exact) mass is 208 g/mol. The molecule has 0 aromatic heterocycles. The van der Waals surface area contributed by atoms with E-state index < -0.39 is 5.60 Å². The summed E-state index contributed by atoms with van der Waals surface area (Å²) in [5, 5.41) is 0. The quantitative estimate of drug-likeness (QED) is 0.660. The molecule has 1 rings (SSSR count). The molecule has 0 aromatic rings. The molecule has 1 aliphatic carbocycles. The van der Waals surface area contributed by atoms with E-state index in [0.29, 0.717) is 11.3 Å². The van der Waals surface area contributed by atoms with Gasteiger partial charge in [0, 0.05) is 12.7 Å². The predicted molar refractivity (Wildman–Crippen MR) is 57.1 cm³/mol. The highest BCUT2D eigenvalue weighted by Gasteiger charge is 2.56. The standard InChI is InChI=1S/C12H16O3/c1-6-7-12(15-5)10(13)9(8(2)3)11(12)14-4/h8H,1-5H3. The molecule has 0 aliphatic heterocycles. The van der Waals surface area contributed by atoms with Crippen LogP contribution in [0.25, 0.3) is 0 Å². The molecule has 0 fully saturated rings. The maximum Gasteiger partial charge on any atom is 0.249 e. The zero-order valence-electron chi connectivity index (χ0n) is 9.80. The van der Waals surface area contributed by atoms with Crippen LogP contribution in [0.3, 0.4) is 0 Å². The van der Waals surface area contributed by atoms with Gasteiger partial charge in [-0.05, 0) is 12.8 Å². The van der Waals surface area contributed by atoms with Crippen molar-refractivity contribution >= 4 is 5.78 Å². The molecule has 0 heterocycles. The molecule has 15 heavy (non-hydrogen) atoms. The Morgan fingerprint density at radius 2 is 1.93 bits per heavy atom. The van der Waals surface area contributed by atoms with Gasteiger partial charge in [0.25, 0.3) is 0 Å². The zero-order valence-corrected chi connectivity index (χ0v) is 9.80. The molecule has 0 aromatic carbocycles. The lowest BCUT2D eigenvalue weighted by atomic mass is 9.73. The fourth-order valence-electron chi connectivity index (χ4n) is 1.83. The number of rotatable bonds is 3. The van der Waals surface area contributed by atoms with Gasteiger partial charge in [0.1, 0.15) is 0 Å². The second-order valence-corrected chi connectivity index (χ2v) is 3.69. The zero-order chi connectivity index (χ0) is 11.6. The molecular formula is C12H16O3. The third-order valence-electron chi connectivity index (χ3n) is 2.52. The Hall–Kier alpha value is -1.27. The second kappa shape index (κ2) is 4.08. The number of carbonyl (C=O) groups is 1. The van der Waals surface area contributed by atoms with E-state index in [2.05, 4.69) is 11.8 Å². The van der Waals surface area contributed by atoms with Crippen LogP contribution in [0, 0.1) is 17.8 Å². The van der Waals surface area contributed by atoms with E-state index in [0.717, 1.165) is 0 Å². The van der Waals surface area contributed by atoms with Crippen LogP contribution in [0.4, 0.5) is 0 Å². The van der Waals surface area contributed by atoms with Crippen LogP contribution in [0.5, 0.6) is 0 Å². The molecule has 0 spiro atoms. The summed E-state index contributed by atoms with van der Waals surface area (Å²) in [7, 11) is 3.01. The van der Waals surface area contributed by atoms with E-state index in [4.69, 9.17) is 9.47 Å². The number of hydrogen-bond donors (Lipinski definition) is 0. The van der Waals surface area contributed by atoms with Gasteiger partial charge in [-0.2, -0.15) is 0 Å². The van der Waals surface area contributed by atoms with Crippen molar-refractivity contribution in [3.8, 4) is 11.8 Å². The van der Waals surface area contributed by atoms with Crippen LogP contribution in [0.15, 0.2) is 11.3 Å². The van der Waals surface area contributed by atoms with Gasteiger partial charge in [0.2, 0.25) is 11.4 Å². The summed E-state index contributed by atoms with van der Waals surface area (Å²) in [5.41, 5.74) is -0.467. The Balaban J connectivity index is 3.26. The van der Waals surface area contributed by atoms with Gasteiger partial charge in [-0.25, -0.2) is 0 Å². The Morgan fingerprint density at radius 3 is 2.27 bits per heavy atom. The third-order valence-corrected chi connectivity index (χ3v) is 2.52. The largest absolute Gasteiger partial charge is 0.496 e. The molecule has 3 heteroatoms. The van der Waals surface area contributed by atoms with Crippen LogP contribution in [0.1, 0.15) is 20.8 Å². The SMILES string of the molecule is CC#CC1(OC)C(=O)C(C(C)C)=C1OC. The molecule has 3 nitrogen and oxygen atoms in total. The van der Waals surface area contributed by atoms with Gasteiger partial charge in [-0.3, -0.25) is 4.79 Å². The second-order valence-electron chi connectivity index (χ2n) is 3.69. The van der Waals surface area contributed by atoms with Crippen molar-refractivity contribution in [1.29, 1.82) is 0 Å². The predicted octanol–water partition coefficient (Wildman–Crippen LogP) is 1.53. The van der Waals surface area contributed by atoms with Crippen molar-refractivity contribution in [2.45, 2.75) is 26.4 Å². The van der Waals surface area contributed by atoms with Crippen LogP contribution in [-0.4, -0.2) is 25.6 Å². The minimum atomic E-state index is -1.15. The molecule has 0 saturated carbocycles. The molecule has 1 unspecified atom stereocenters. The summed E-state index contributed by atoms with van der Waals surface area (Å²) in [4.78, 5) is 12.0. The lowest BCUT2D eigenvalue weighted by molar-refractivity contribution is -0.137. The highest BCUT2D eigenvalue weighted by molar-refractivity contribution is 6.14. The number of ketones is 1. The van der Waals surface area contributed by atoms with Gasteiger partial charge in [-0.15, -0.1) is 5.92 Å². The smallest absolute Gasteiger partial charge is 0.249 e. The van der Waals surface area contributed by atoms with Gasteiger partial charge in [-0.1, -0.05) is 19.8 Å². The van der Waals surface area contributed by atoms with Crippen molar-refractivity contribution in [3.05, 3.63) is 11.3 Å². The Labute approximate surface area is 90.4 Å². The highest BCUT2D eigenvalue weighted by Crippen LogP contribution is 2.41. The van der Waals surface area contributed by atoms with E-state index in [1.54, 1.807) is 6.92 Å². The molecule has 1 atom stereocenters. The molecule has 0 saturated heterocycles. The first kappa shape index (κ1) is 11.8. The fraction of sp³-hybridized carbons (Fsp3) is 0.583. The molecule has 0 bridgehead atoms. The molecule has 0 N–H and O–H groups in total. The number of methoxy groups -OCH3 is 2. The summed E-state index contributed by atoms with van der Waals surface area (Å²) in [6.45, 7) is 5.57. The van der Waals surface area contributed by atoms with E-state index in [1.807, 2.05) is 13.8 Å². The Morgan fingerprint density at radius 1 is 1.33 bits per heavy atom.